The molecule has 1 fully saturated rings. The van der Waals surface area contributed by atoms with Crippen LogP contribution in [0.3, 0.4) is 0 Å². The predicted octanol–water partition coefficient (Wildman–Crippen LogP) is 2.36. The molecule has 0 radical (unpaired) electrons. The highest BCUT2D eigenvalue weighted by atomic mass is 16.2. The molecule has 0 unspecified atom stereocenters. The average Bonchev–Trinajstić information content (AvgIpc) is 2.00. The minimum Gasteiger partial charge on any atom is -0.396 e. The first kappa shape index (κ1) is 6.20. The van der Waals surface area contributed by atoms with Crippen LogP contribution in [-0.4, -0.2) is 11.7 Å². The third-order valence-electron chi connectivity index (χ3n) is 3.87. The summed E-state index contributed by atoms with van der Waals surface area (Å²) in [5.74, 6) is 1.28. The van der Waals surface area contributed by atoms with E-state index in [1.807, 2.05) is 0 Å². The van der Waals surface area contributed by atoms with Crippen molar-refractivity contribution in [2.75, 3.05) is 6.56 Å². The second-order valence-corrected chi connectivity index (χ2v) is 4.66. The van der Waals surface area contributed by atoms with E-state index in [0.717, 1.165) is 17.9 Å². The molecule has 3 rings (SSSR count). The summed E-state index contributed by atoms with van der Waals surface area (Å²) >= 11 is 0. The van der Waals surface area contributed by atoms with E-state index >= 15 is 0 Å². The van der Waals surface area contributed by atoms with Crippen LogP contribution >= 0.6 is 0 Å². The van der Waals surface area contributed by atoms with Crippen molar-refractivity contribution in [1.82, 2.24) is 0 Å². The minimum atomic E-state index is -2.04. The van der Waals surface area contributed by atoms with Crippen molar-refractivity contribution in [1.29, 1.82) is 0 Å². The van der Waals surface area contributed by atoms with Crippen molar-refractivity contribution in [2.24, 2.45) is 17.3 Å². The van der Waals surface area contributed by atoms with Crippen LogP contribution in [0.4, 0.5) is 0 Å². The van der Waals surface area contributed by atoms with Crippen LogP contribution in [0.2, 0.25) is 0 Å². The Morgan fingerprint density at radius 1 is 1.75 bits per heavy atom. The van der Waals surface area contributed by atoms with Crippen LogP contribution in [0.15, 0.2) is 11.6 Å². The first-order chi connectivity index (χ1) is 6.31. The van der Waals surface area contributed by atoms with Gasteiger partial charge in [0.1, 0.15) is 0 Å². The number of hydrogen-bond acceptors (Lipinski definition) is 1. The first-order valence-corrected chi connectivity index (χ1v) is 4.72. The maximum atomic E-state index is 9.17. The molecule has 0 saturated heterocycles. The molecule has 0 aliphatic heterocycles. The topological polar surface area (TPSA) is 20.2 Å². The summed E-state index contributed by atoms with van der Waals surface area (Å²) in [5, 5.41) is 9.17. The molecule has 68 valence electrons. The molecule has 1 heteroatoms. The summed E-state index contributed by atoms with van der Waals surface area (Å²) in [7, 11) is 0. The normalized spacial score (nSPS) is 40.8. The average molecular weight is 168 g/mol. The van der Waals surface area contributed by atoms with Gasteiger partial charge in [-0.1, -0.05) is 25.5 Å². The van der Waals surface area contributed by atoms with Crippen LogP contribution in [-0.2, 0) is 0 Å². The van der Waals surface area contributed by atoms with Gasteiger partial charge in [0.25, 0.3) is 0 Å². The molecule has 0 spiro atoms. The quantitative estimate of drug-likeness (QED) is 0.628. The zero-order valence-corrected chi connectivity index (χ0v) is 7.80. The molecule has 1 saturated carbocycles. The summed E-state index contributed by atoms with van der Waals surface area (Å²) in [4.78, 5) is 0. The highest BCUT2D eigenvalue weighted by Gasteiger charge is 2.50. The van der Waals surface area contributed by atoms with E-state index in [1.165, 1.54) is 6.42 Å². The zero-order valence-electron chi connectivity index (χ0n) is 9.80. The molecule has 1 nitrogen and oxygen atoms in total. The van der Waals surface area contributed by atoms with Crippen LogP contribution in [0.1, 0.15) is 35.9 Å². The van der Waals surface area contributed by atoms with Crippen LogP contribution < -0.4 is 0 Å². The molecule has 3 aliphatic rings. The molecule has 1 N–H and O–H groups in total. The molecular formula is C11H18O. The number of fused-ring (bicyclic) bond motifs is 1. The van der Waals surface area contributed by atoms with Gasteiger partial charge < -0.3 is 5.11 Å². The van der Waals surface area contributed by atoms with E-state index in [2.05, 4.69) is 19.9 Å². The molecule has 0 heterocycles. The van der Waals surface area contributed by atoms with Gasteiger partial charge in [-0.3, -0.25) is 0 Å². The van der Waals surface area contributed by atoms with Crippen molar-refractivity contribution < 1.29 is 7.85 Å². The number of allylic oxidation sites excluding steroid dienone is 1. The molecule has 2 bridgehead atoms. The van der Waals surface area contributed by atoms with Gasteiger partial charge in [0.15, 0.2) is 0 Å². The van der Waals surface area contributed by atoms with Gasteiger partial charge in [0, 0.05) is 6.56 Å². The van der Waals surface area contributed by atoms with Gasteiger partial charge in [-0.15, -0.1) is 0 Å². The van der Waals surface area contributed by atoms with Crippen molar-refractivity contribution in [3.05, 3.63) is 11.6 Å². The van der Waals surface area contributed by atoms with Crippen molar-refractivity contribution in [2.45, 2.75) is 33.1 Å². The number of hydrogen-bond donors (Lipinski definition) is 1. The van der Waals surface area contributed by atoms with E-state index < -0.39 is 6.56 Å². The number of aliphatic hydroxyl groups is 1. The summed E-state index contributed by atoms with van der Waals surface area (Å²) in [6, 6.07) is 0. The molecule has 3 aliphatic carbocycles. The smallest absolute Gasteiger partial charge is 0.0567 e. The third kappa shape index (κ3) is 0.957. The van der Waals surface area contributed by atoms with Gasteiger partial charge in [0.2, 0.25) is 0 Å². The Morgan fingerprint density at radius 2 is 2.50 bits per heavy atom. The fourth-order valence-electron chi connectivity index (χ4n) is 2.77. The Morgan fingerprint density at radius 3 is 3.00 bits per heavy atom. The van der Waals surface area contributed by atoms with Crippen LogP contribution in [0, 0.1) is 17.3 Å². The lowest BCUT2D eigenvalue weighted by Gasteiger charge is -2.56. The van der Waals surface area contributed by atoms with E-state index in [9.17, 15) is 0 Å². The van der Waals surface area contributed by atoms with Crippen molar-refractivity contribution in [3.8, 4) is 0 Å². The van der Waals surface area contributed by atoms with E-state index in [0.29, 0.717) is 11.3 Å². The third-order valence-corrected chi connectivity index (χ3v) is 3.87. The molecule has 0 aromatic carbocycles. The number of rotatable bonds is 2. The molecular weight excluding hydrogens is 148 g/mol. The summed E-state index contributed by atoms with van der Waals surface area (Å²) in [5.41, 5.74) is 1.46. The van der Waals surface area contributed by atoms with Crippen molar-refractivity contribution >= 4 is 0 Å². The van der Waals surface area contributed by atoms with Gasteiger partial charge in [-0.05, 0) is 36.5 Å². The van der Waals surface area contributed by atoms with Gasteiger partial charge in [-0.25, -0.2) is 0 Å². The fraction of sp³-hybridized carbons (Fsp3) is 0.818. The Bertz CT molecular complexity index is 276. The fourth-order valence-corrected chi connectivity index (χ4v) is 2.77. The Kier molecular flexibility index (Phi) is 1.34. The van der Waals surface area contributed by atoms with Crippen LogP contribution in [0.5, 0.6) is 0 Å². The molecule has 0 amide bonds. The van der Waals surface area contributed by atoms with Crippen molar-refractivity contribution in [3.63, 3.8) is 0 Å². The van der Waals surface area contributed by atoms with E-state index in [-0.39, 0.29) is 6.42 Å². The van der Waals surface area contributed by atoms with Gasteiger partial charge in [0.05, 0.1) is 2.74 Å². The second-order valence-electron chi connectivity index (χ2n) is 4.66. The van der Waals surface area contributed by atoms with Gasteiger partial charge >= 0.3 is 0 Å². The molecule has 0 aromatic rings. The lowest BCUT2D eigenvalue weighted by Crippen LogP contribution is -2.48. The molecule has 2 atom stereocenters. The Balaban J connectivity index is 2.11. The first-order valence-electron chi connectivity index (χ1n) is 5.72. The summed E-state index contributed by atoms with van der Waals surface area (Å²) in [6.45, 7) is 2.47. The SMILES string of the molecule is [2H]C([2H])(O)CC1=CC[C@@H]2C[C@H]1C2(C)C. The highest BCUT2D eigenvalue weighted by molar-refractivity contribution is 5.23. The Labute approximate surface area is 77.3 Å². The van der Waals surface area contributed by atoms with Gasteiger partial charge in [-0.2, -0.15) is 0 Å². The van der Waals surface area contributed by atoms with Crippen LogP contribution in [0.25, 0.3) is 0 Å². The standard InChI is InChI=1S/C11H18O/c1-11(2)9-4-3-8(5-6-12)10(11)7-9/h3,9-10,12H,4-7H2,1-2H3/t9-,10-/m1/s1/i6D2. The maximum absolute atomic E-state index is 9.17. The van der Waals surface area contributed by atoms with E-state index in [4.69, 9.17) is 7.85 Å². The molecule has 12 heavy (non-hydrogen) atoms. The highest BCUT2D eigenvalue weighted by Crippen LogP contribution is 2.59. The monoisotopic (exact) mass is 168 g/mol. The minimum absolute atomic E-state index is 0.188. The van der Waals surface area contributed by atoms with E-state index in [1.54, 1.807) is 0 Å². The lowest BCUT2D eigenvalue weighted by atomic mass is 9.48. The zero-order chi connectivity index (χ0) is 10.6. The Hall–Kier alpha value is -0.300. The summed E-state index contributed by atoms with van der Waals surface area (Å²) < 4.78 is 14.4. The summed E-state index contributed by atoms with van der Waals surface area (Å²) in [6.07, 6.45) is 4.58. The lowest BCUT2D eigenvalue weighted by molar-refractivity contribution is -0.00943. The molecule has 0 aromatic heterocycles. The largest absolute Gasteiger partial charge is 0.396 e. The maximum Gasteiger partial charge on any atom is 0.0567 e. The second kappa shape index (κ2) is 2.59. The predicted molar refractivity (Wildman–Crippen MR) is 49.8 cm³/mol.